The van der Waals surface area contributed by atoms with Gasteiger partial charge in [-0.05, 0) is 11.5 Å². The number of nitrogens with one attached hydrogen (secondary N) is 1. The van der Waals surface area contributed by atoms with Crippen LogP contribution in [0.25, 0.3) is 0 Å². The van der Waals surface area contributed by atoms with E-state index in [2.05, 4.69) is 31.3 Å². The molecule has 0 radical (unpaired) electrons. The molecule has 1 atom stereocenters. The van der Waals surface area contributed by atoms with Gasteiger partial charge in [0.1, 0.15) is 0 Å². The van der Waals surface area contributed by atoms with E-state index in [0.717, 1.165) is 4.99 Å². The van der Waals surface area contributed by atoms with Gasteiger partial charge in [-0.25, -0.2) is 0 Å². The van der Waals surface area contributed by atoms with Crippen molar-refractivity contribution in [3.05, 3.63) is 35.9 Å². The van der Waals surface area contributed by atoms with Crippen molar-refractivity contribution in [1.29, 1.82) is 0 Å². The first-order valence-corrected chi connectivity index (χ1v) is 6.89. The lowest BCUT2D eigenvalue weighted by Gasteiger charge is -2.31. The lowest BCUT2D eigenvalue weighted by atomic mass is 10.0. The Labute approximate surface area is 121 Å². The SMILES string of the molecule is CC(=O)N(C)C(C(=S)NCc1ccccc1)C(C)C. The Morgan fingerprint density at radius 1 is 1.32 bits per heavy atom. The van der Waals surface area contributed by atoms with E-state index in [-0.39, 0.29) is 17.9 Å². The molecule has 4 heteroatoms. The van der Waals surface area contributed by atoms with E-state index in [0.29, 0.717) is 6.54 Å². The number of likely N-dealkylation sites (N-methyl/N-ethyl adjacent to an activating group) is 1. The van der Waals surface area contributed by atoms with Crippen LogP contribution in [0, 0.1) is 5.92 Å². The zero-order chi connectivity index (χ0) is 14.4. The van der Waals surface area contributed by atoms with E-state index in [9.17, 15) is 4.79 Å². The van der Waals surface area contributed by atoms with Crippen LogP contribution in [0.4, 0.5) is 0 Å². The molecule has 0 aliphatic heterocycles. The zero-order valence-corrected chi connectivity index (χ0v) is 12.8. The molecule has 104 valence electrons. The van der Waals surface area contributed by atoms with E-state index in [4.69, 9.17) is 12.2 Å². The molecular formula is C15H22N2OS. The Bertz CT molecular complexity index is 431. The number of nitrogens with zero attached hydrogens (tertiary/aromatic N) is 1. The molecular weight excluding hydrogens is 256 g/mol. The number of benzene rings is 1. The van der Waals surface area contributed by atoms with Crippen molar-refractivity contribution in [1.82, 2.24) is 10.2 Å². The van der Waals surface area contributed by atoms with Crippen molar-refractivity contribution in [2.75, 3.05) is 7.05 Å². The average Bonchev–Trinajstić information content (AvgIpc) is 2.37. The van der Waals surface area contributed by atoms with E-state index in [1.807, 2.05) is 18.2 Å². The van der Waals surface area contributed by atoms with Crippen molar-refractivity contribution in [2.24, 2.45) is 5.92 Å². The highest BCUT2D eigenvalue weighted by molar-refractivity contribution is 7.80. The minimum atomic E-state index is -0.0591. The van der Waals surface area contributed by atoms with Gasteiger partial charge in [-0.1, -0.05) is 56.4 Å². The van der Waals surface area contributed by atoms with Gasteiger partial charge < -0.3 is 10.2 Å². The van der Waals surface area contributed by atoms with Gasteiger partial charge in [0.25, 0.3) is 0 Å². The molecule has 0 aromatic heterocycles. The van der Waals surface area contributed by atoms with Crippen LogP contribution in [-0.4, -0.2) is 28.9 Å². The quantitative estimate of drug-likeness (QED) is 0.840. The van der Waals surface area contributed by atoms with Gasteiger partial charge in [0.05, 0.1) is 11.0 Å². The minimum Gasteiger partial charge on any atom is -0.374 e. The Hall–Kier alpha value is -1.42. The Balaban J connectivity index is 2.65. The molecule has 1 N–H and O–H groups in total. The summed E-state index contributed by atoms with van der Waals surface area (Å²) in [6, 6.07) is 10.0. The number of hydrogen-bond acceptors (Lipinski definition) is 2. The Kier molecular flexibility index (Phi) is 5.96. The predicted octanol–water partition coefficient (Wildman–Crippen LogP) is 2.61. The van der Waals surface area contributed by atoms with E-state index < -0.39 is 0 Å². The number of carbonyl (C=O) groups is 1. The molecule has 1 amide bonds. The zero-order valence-electron chi connectivity index (χ0n) is 12.0. The van der Waals surface area contributed by atoms with Crippen molar-refractivity contribution >= 4 is 23.1 Å². The van der Waals surface area contributed by atoms with Gasteiger partial charge >= 0.3 is 0 Å². The molecule has 1 aromatic rings. The van der Waals surface area contributed by atoms with Gasteiger partial charge in [0.2, 0.25) is 5.91 Å². The summed E-state index contributed by atoms with van der Waals surface area (Å²) in [5.41, 5.74) is 1.18. The van der Waals surface area contributed by atoms with Crippen LogP contribution in [0.3, 0.4) is 0 Å². The summed E-state index contributed by atoms with van der Waals surface area (Å²) in [5.74, 6) is 0.312. The molecule has 0 saturated carbocycles. The number of thiocarbonyl (C=S) groups is 1. The molecule has 19 heavy (non-hydrogen) atoms. The maximum absolute atomic E-state index is 11.5. The van der Waals surface area contributed by atoms with Crippen molar-refractivity contribution in [3.63, 3.8) is 0 Å². The first-order valence-electron chi connectivity index (χ1n) is 6.48. The molecule has 0 spiro atoms. The predicted molar refractivity (Wildman–Crippen MR) is 82.9 cm³/mol. The fourth-order valence-corrected chi connectivity index (χ4v) is 2.51. The summed E-state index contributed by atoms with van der Waals surface area (Å²) in [6.45, 7) is 6.39. The number of rotatable bonds is 5. The monoisotopic (exact) mass is 278 g/mol. The van der Waals surface area contributed by atoms with Gasteiger partial charge in [0, 0.05) is 20.5 Å². The summed E-state index contributed by atoms with van der Waals surface area (Å²) in [6.07, 6.45) is 0. The first-order chi connectivity index (χ1) is 8.93. The summed E-state index contributed by atoms with van der Waals surface area (Å²) in [7, 11) is 1.80. The molecule has 0 aliphatic rings. The van der Waals surface area contributed by atoms with Crippen LogP contribution in [0.1, 0.15) is 26.3 Å². The van der Waals surface area contributed by atoms with Gasteiger partial charge in [-0.2, -0.15) is 0 Å². The number of carbonyl (C=O) groups excluding carboxylic acids is 1. The maximum atomic E-state index is 11.5. The smallest absolute Gasteiger partial charge is 0.219 e. The molecule has 1 aromatic carbocycles. The lowest BCUT2D eigenvalue weighted by Crippen LogP contribution is -2.48. The van der Waals surface area contributed by atoms with Crippen LogP contribution in [0.2, 0.25) is 0 Å². The molecule has 3 nitrogen and oxygen atoms in total. The highest BCUT2D eigenvalue weighted by Crippen LogP contribution is 2.11. The van der Waals surface area contributed by atoms with E-state index >= 15 is 0 Å². The lowest BCUT2D eigenvalue weighted by molar-refractivity contribution is -0.129. The Morgan fingerprint density at radius 3 is 2.37 bits per heavy atom. The van der Waals surface area contributed by atoms with Crippen LogP contribution < -0.4 is 5.32 Å². The molecule has 0 bridgehead atoms. The fourth-order valence-electron chi connectivity index (χ4n) is 2.01. The fraction of sp³-hybridized carbons (Fsp3) is 0.467. The largest absolute Gasteiger partial charge is 0.374 e. The van der Waals surface area contributed by atoms with Crippen molar-refractivity contribution in [2.45, 2.75) is 33.4 Å². The normalized spacial score (nSPS) is 12.1. The second kappa shape index (κ2) is 7.24. The topological polar surface area (TPSA) is 32.3 Å². The van der Waals surface area contributed by atoms with E-state index in [1.165, 1.54) is 5.56 Å². The third-order valence-electron chi connectivity index (χ3n) is 3.12. The molecule has 0 saturated heterocycles. The summed E-state index contributed by atoms with van der Waals surface area (Å²) >= 11 is 5.44. The van der Waals surface area contributed by atoms with E-state index in [1.54, 1.807) is 18.9 Å². The molecule has 0 aliphatic carbocycles. The van der Waals surface area contributed by atoms with Gasteiger partial charge in [-0.15, -0.1) is 0 Å². The van der Waals surface area contributed by atoms with Crippen LogP contribution in [0.5, 0.6) is 0 Å². The molecule has 0 heterocycles. The maximum Gasteiger partial charge on any atom is 0.219 e. The Morgan fingerprint density at radius 2 is 1.89 bits per heavy atom. The average molecular weight is 278 g/mol. The summed E-state index contributed by atoms with van der Waals surface area (Å²) in [5, 5.41) is 3.25. The van der Waals surface area contributed by atoms with Crippen LogP contribution in [-0.2, 0) is 11.3 Å². The second-order valence-electron chi connectivity index (χ2n) is 5.02. The highest BCUT2D eigenvalue weighted by Gasteiger charge is 2.24. The molecule has 1 rings (SSSR count). The summed E-state index contributed by atoms with van der Waals surface area (Å²) < 4.78 is 0. The molecule has 0 fully saturated rings. The van der Waals surface area contributed by atoms with Gasteiger partial charge in [-0.3, -0.25) is 4.79 Å². The third-order valence-corrected chi connectivity index (χ3v) is 3.51. The van der Waals surface area contributed by atoms with Crippen molar-refractivity contribution in [3.8, 4) is 0 Å². The first kappa shape index (κ1) is 15.6. The van der Waals surface area contributed by atoms with Gasteiger partial charge in [0.15, 0.2) is 0 Å². The van der Waals surface area contributed by atoms with Crippen molar-refractivity contribution < 1.29 is 4.79 Å². The number of amides is 1. The second-order valence-corrected chi connectivity index (χ2v) is 5.46. The van der Waals surface area contributed by atoms with Crippen LogP contribution >= 0.6 is 12.2 Å². The minimum absolute atomic E-state index is 0.0301. The standard InChI is InChI=1S/C15H22N2OS/c1-11(2)14(17(4)12(3)18)15(19)16-10-13-8-6-5-7-9-13/h5-9,11,14H,10H2,1-4H3,(H,16,19). The third kappa shape index (κ3) is 4.63. The molecule has 1 unspecified atom stereocenters. The van der Waals surface area contributed by atoms with Crippen LogP contribution in [0.15, 0.2) is 30.3 Å². The highest BCUT2D eigenvalue weighted by atomic mass is 32.1. The number of hydrogen-bond donors (Lipinski definition) is 1. The summed E-state index contributed by atoms with van der Waals surface area (Å²) in [4.78, 5) is 13.9.